The van der Waals surface area contributed by atoms with E-state index in [1.807, 2.05) is 65.6 Å². The lowest BCUT2D eigenvalue weighted by Gasteiger charge is -2.24. The Bertz CT molecular complexity index is 1180. The van der Waals surface area contributed by atoms with Crippen LogP contribution in [0, 0.1) is 0 Å². The lowest BCUT2D eigenvalue weighted by molar-refractivity contribution is -0.135. The zero-order valence-corrected chi connectivity index (χ0v) is 18.8. The first-order chi connectivity index (χ1) is 16.7. The molecular formula is C26H25N3O5. The highest BCUT2D eigenvalue weighted by Crippen LogP contribution is 2.33. The zero-order chi connectivity index (χ0) is 23.3. The number of benzene rings is 1. The molecule has 8 nitrogen and oxygen atoms in total. The number of ether oxygens (including phenoxy) is 1. The average molecular weight is 460 g/mol. The normalized spacial score (nSPS) is 15.6. The quantitative estimate of drug-likeness (QED) is 0.356. The van der Waals surface area contributed by atoms with Crippen LogP contribution in [0.2, 0.25) is 0 Å². The number of carbonyl (C=O) groups excluding carboxylic acids is 1. The molecule has 0 saturated heterocycles. The molecule has 0 bridgehead atoms. The molecule has 4 aromatic rings. The van der Waals surface area contributed by atoms with Crippen molar-refractivity contribution in [1.29, 1.82) is 0 Å². The number of carbonyl (C=O) groups is 1. The molecule has 1 aliphatic rings. The Balaban J connectivity index is 1.39. The van der Waals surface area contributed by atoms with E-state index in [0.29, 0.717) is 25.3 Å². The largest absolute Gasteiger partial charge is 0.497 e. The molecule has 0 fully saturated rings. The molecule has 0 saturated carbocycles. The Morgan fingerprint density at radius 1 is 0.971 bits per heavy atom. The number of rotatable bonds is 9. The Labute approximate surface area is 197 Å². The summed E-state index contributed by atoms with van der Waals surface area (Å²) >= 11 is 0. The van der Waals surface area contributed by atoms with Gasteiger partial charge >= 0.3 is 0 Å². The summed E-state index contributed by atoms with van der Waals surface area (Å²) in [5, 5.41) is 6.26. The Morgan fingerprint density at radius 2 is 1.62 bits per heavy atom. The van der Waals surface area contributed by atoms with Gasteiger partial charge in [-0.2, -0.15) is 5.10 Å². The molecule has 0 radical (unpaired) electrons. The molecule has 3 aromatic heterocycles. The molecule has 1 atom stereocenters. The maximum absolute atomic E-state index is 13.5. The predicted molar refractivity (Wildman–Crippen MR) is 124 cm³/mol. The van der Waals surface area contributed by atoms with Crippen LogP contribution in [-0.4, -0.2) is 35.2 Å². The number of hydrogen-bond donors (Lipinski definition) is 0. The number of methoxy groups -OCH3 is 1. The fourth-order valence-electron chi connectivity index (χ4n) is 4.08. The van der Waals surface area contributed by atoms with Crippen molar-refractivity contribution in [1.82, 2.24) is 9.91 Å². The highest BCUT2D eigenvalue weighted by atomic mass is 16.5. The van der Waals surface area contributed by atoms with Gasteiger partial charge in [-0.25, -0.2) is 5.01 Å². The first-order valence-electron chi connectivity index (χ1n) is 11.0. The molecule has 0 aliphatic carbocycles. The van der Waals surface area contributed by atoms with E-state index in [9.17, 15) is 4.79 Å². The molecule has 34 heavy (non-hydrogen) atoms. The van der Waals surface area contributed by atoms with Gasteiger partial charge in [-0.05, 0) is 66.2 Å². The molecule has 5 rings (SSSR count). The van der Waals surface area contributed by atoms with Crippen molar-refractivity contribution in [2.45, 2.75) is 25.6 Å². The summed E-state index contributed by atoms with van der Waals surface area (Å²) in [6.45, 7) is 1.07. The van der Waals surface area contributed by atoms with Gasteiger partial charge in [-0.3, -0.25) is 9.69 Å². The molecule has 0 N–H and O–H groups in total. The average Bonchev–Trinajstić information content (AvgIpc) is 3.66. The third-order valence-electron chi connectivity index (χ3n) is 5.74. The van der Waals surface area contributed by atoms with E-state index in [-0.39, 0.29) is 18.5 Å². The monoisotopic (exact) mass is 459 g/mol. The minimum atomic E-state index is -0.311. The Kier molecular flexibility index (Phi) is 6.31. The van der Waals surface area contributed by atoms with Gasteiger partial charge in [0, 0.05) is 6.42 Å². The van der Waals surface area contributed by atoms with Crippen molar-refractivity contribution in [3.63, 3.8) is 0 Å². The molecule has 0 spiro atoms. The molecular weight excluding hydrogens is 434 g/mol. The minimum Gasteiger partial charge on any atom is -0.497 e. The van der Waals surface area contributed by atoms with Crippen molar-refractivity contribution in [3.05, 3.63) is 102 Å². The van der Waals surface area contributed by atoms with E-state index in [2.05, 4.69) is 0 Å². The fraction of sp³-hybridized carbons (Fsp3) is 0.231. The molecule has 1 aromatic carbocycles. The van der Waals surface area contributed by atoms with Crippen molar-refractivity contribution < 1.29 is 22.8 Å². The smallest absolute Gasteiger partial charge is 0.257 e. The van der Waals surface area contributed by atoms with Gasteiger partial charge in [0.25, 0.3) is 5.91 Å². The highest BCUT2D eigenvalue weighted by molar-refractivity contribution is 6.03. The molecule has 1 amide bonds. The topological polar surface area (TPSA) is 84.6 Å². The van der Waals surface area contributed by atoms with Crippen LogP contribution < -0.4 is 4.74 Å². The third kappa shape index (κ3) is 4.82. The first-order valence-corrected chi connectivity index (χ1v) is 11.0. The zero-order valence-electron chi connectivity index (χ0n) is 18.8. The molecule has 174 valence electrons. The van der Waals surface area contributed by atoms with E-state index in [1.165, 1.54) is 5.01 Å². The van der Waals surface area contributed by atoms with Gasteiger partial charge in [0.15, 0.2) is 0 Å². The second-order valence-corrected chi connectivity index (χ2v) is 8.05. The number of furan rings is 3. The molecule has 8 heteroatoms. The Morgan fingerprint density at radius 3 is 2.18 bits per heavy atom. The third-order valence-corrected chi connectivity index (χ3v) is 5.74. The van der Waals surface area contributed by atoms with Crippen molar-refractivity contribution in [3.8, 4) is 5.75 Å². The molecule has 0 unspecified atom stereocenters. The van der Waals surface area contributed by atoms with E-state index in [0.717, 1.165) is 28.5 Å². The van der Waals surface area contributed by atoms with Gasteiger partial charge < -0.3 is 18.0 Å². The second kappa shape index (κ2) is 9.84. The van der Waals surface area contributed by atoms with Gasteiger partial charge in [0.1, 0.15) is 29.1 Å². The molecule has 4 heterocycles. The standard InChI is InChI=1S/C26H25N3O5/c1-31-20-10-8-19(9-11-20)23-15-24(25-7-4-14-34-25)29(27-23)26(30)18-28(16-21-5-2-12-32-21)17-22-6-3-13-33-22/h2-14,24H,15-18H2,1H3/t24-/m1/s1. The van der Waals surface area contributed by atoms with Crippen LogP contribution in [0.15, 0.2) is 97.8 Å². The van der Waals surface area contributed by atoms with Gasteiger partial charge in [0.2, 0.25) is 0 Å². The highest BCUT2D eigenvalue weighted by Gasteiger charge is 2.35. The van der Waals surface area contributed by atoms with Crippen LogP contribution in [-0.2, 0) is 17.9 Å². The predicted octanol–water partition coefficient (Wildman–Crippen LogP) is 4.85. The van der Waals surface area contributed by atoms with E-state index in [4.69, 9.17) is 23.1 Å². The van der Waals surface area contributed by atoms with E-state index >= 15 is 0 Å². The number of hydrazone groups is 1. The minimum absolute atomic E-state index is 0.136. The van der Waals surface area contributed by atoms with Crippen LogP contribution in [0.1, 0.15) is 35.3 Å². The lowest BCUT2D eigenvalue weighted by Crippen LogP contribution is -2.37. The lowest BCUT2D eigenvalue weighted by atomic mass is 10.0. The fourth-order valence-corrected chi connectivity index (χ4v) is 4.08. The second-order valence-electron chi connectivity index (χ2n) is 8.05. The summed E-state index contributed by atoms with van der Waals surface area (Å²) in [5.74, 6) is 2.87. The van der Waals surface area contributed by atoms with Gasteiger partial charge in [-0.1, -0.05) is 0 Å². The van der Waals surface area contributed by atoms with Crippen LogP contribution in [0.25, 0.3) is 0 Å². The van der Waals surface area contributed by atoms with Gasteiger partial charge in [0.05, 0.1) is 51.2 Å². The maximum atomic E-state index is 13.5. The summed E-state index contributed by atoms with van der Waals surface area (Å²) in [7, 11) is 1.63. The number of hydrogen-bond acceptors (Lipinski definition) is 7. The summed E-state index contributed by atoms with van der Waals surface area (Å²) in [5.41, 5.74) is 1.76. The SMILES string of the molecule is COc1ccc(C2=NN(C(=O)CN(Cc3ccco3)Cc3ccco3)[C@@H](c3ccco3)C2)cc1. The number of nitrogens with zero attached hydrogens (tertiary/aromatic N) is 3. The summed E-state index contributed by atoms with van der Waals surface area (Å²) < 4.78 is 22.0. The van der Waals surface area contributed by atoms with Gasteiger partial charge in [-0.15, -0.1) is 0 Å². The summed E-state index contributed by atoms with van der Waals surface area (Å²) in [6.07, 6.45) is 5.42. The summed E-state index contributed by atoms with van der Waals surface area (Å²) in [6, 6.07) is 18.5. The van der Waals surface area contributed by atoms with E-state index in [1.54, 1.807) is 25.9 Å². The summed E-state index contributed by atoms with van der Waals surface area (Å²) in [4.78, 5) is 15.5. The van der Waals surface area contributed by atoms with Crippen molar-refractivity contribution in [2.75, 3.05) is 13.7 Å². The van der Waals surface area contributed by atoms with Crippen molar-refractivity contribution >= 4 is 11.6 Å². The van der Waals surface area contributed by atoms with Crippen LogP contribution in [0.4, 0.5) is 0 Å². The molecule has 1 aliphatic heterocycles. The van der Waals surface area contributed by atoms with E-state index < -0.39 is 0 Å². The Hall–Kier alpha value is -4.04. The van der Waals surface area contributed by atoms with Crippen LogP contribution in [0.3, 0.4) is 0 Å². The number of amides is 1. The maximum Gasteiger partial charge on any atom is 0.257 e. The first kappa shape index (κ1) is 21.8. The van der Waals surface area contributed by atoms with Crippen LogP contribution in [0.5, 0.6) is 5.75 Å². The van der Waals surface area contributed by atoms with Crippen LogP contribution >= 0.6 is 0 Å². The van der Waals surface area contributed by atoms with Crippen molar-refractivity contribution in [2.24, 2.45) is 5.10 Å².